The molecule has 0 aliphatic rings. The molecular weight excluding hydrogens is 341 g/mol. The minimum Gasteiger partial charge on any atom is -0.372 e. The molecule has 0 radical (unpaired) electrons. The molecule has 0 spiro atoms. The molecule has 0 amide bonds. The molecule has 96 valence electrons. The number of aromatic nitrogens is 4. The van der Waals surface area contributed by atoms with Crippen LogP contribution in [-0.4, -0.2) is 26.6 Å². The third-order valence-corrected chi connectivity index (χ3v) is 3.91. The largest absolute Gasteiger partial charge is 0.372 e. The summed E-state index contributed by atoms with van der Waals surface area (Å²) in [6.07, 6.45) is 4.51. The van der Waals surface area contributed by atoms with Gasteiger partial charge in [-0.15, -0.1) is 0 Å². The first-order valence-electron chi connectivity index (χ1n) is 5.95. The molecule has 0 unspecified atom stereocenters. The van der Waals surface area contributed by atoms with Crippen LogP contribution in [0.5, 0.6) is 0 Å². The molecule has 0 bridgehead atoms. The zero-order chi connectivity index (χ0) is 13.1. The zero-order valence-corrected chi connectivity index (χ0v) is 12.9. The summed E-state index contributed by atoms with van der Waals surface area (Å²) in [5.41, 5.74) is 2.02. The molecule has 0 aliphatic carbocycles. The van der Waals surface area contributed by atoms with E-state index in [0.29, 0.717) is 0 Å². The molecular formula is C12H16IN5. The van der Waals surface area contributed by atoms with Gasteiger partial charge >= 0.3 is 0 Å². The predicted octanol–water partition coefficient (Wildman–Crippen LogP) is 2.57. The van der Waals surface area contributed by atoms with Crippen LogP contribution < -0.4 is 5.32 Å². The minimum atomic E-state index is 0.732. The molecule has 0 aromatic carbocycles. The number of halogens is 1. The molecule has 0 aliphatic heterocycles. The maximum Gasteiger partial charge on any atom is 0.180 e. The van der Waals surface area contributed by atoms with E-state index in [-0.39, 0.29) is 0 Å². The number of imidazole rings is 1. The molecule has 0 saturated heterocycles. The maximum atomic E-state index is 4.63. The fourth-order valence-electron chi connectivity index (χ4n) is 1.77. The Bertz CT molecular complexity index is 524. The quantitative estimate of drug-likeness (QED) is 0.855. The SMILES string of the molecule is CCc1nc(-c2cncn2CC)nc(NC)c1I. The fraction of sp³-hybridized carbons (Fsp3) is 0.417. The van der Waals surface area contributed by atoms with Crippen molar-refractivity contribution in [2.75, 3.05) is 12.4 Å². The van der Waals surface area contributed by atoms with Crippen molar-refractivity contribution in [3.63, 3.8) is 0 Å². The number of hydrogen-bond donors (Lipinski definition) is 1. The van der Waals surface area contributed by atoms with Crippen molar-refractivity contribution >= 4 is 28.4 Å². The van der Waals surface area contributed by atoms with E-state index in [1.807, 2.05) is 17.8 Å². The molecule has 2 aromatic heterocycles. The van der Waals surface area contributed by atoms with Crippen LogP contribution in [0.15, 0.2) is 12.5 Å². The van der Waals surface area contributed by atoms with Gasteiger partial charge < -0.3 is 9.88 Å². The second kappa shape index (κ2) is 5.64. The van der Waals surface area contributed by atoms with Crippen LogP contribution in [0.3, 0.4) is 0 Å². The molecule has 2 aromatic rings. The predicted molar refractivity (Wildman–Crippen MR) is 80.6 cm³/mol. The fourth-order valence-corrected chi connectivity index (χ4v) is 2.66. The van der Waals surface area contributed by atoms with Crippen molar-refractivity contribution in [1.29, 1.82) is 0 Å². The number of hydrogen-bond acceptors (Lipinski definition) is 4. The second-order valence-corrected chi connectivity index (χ2v) is 4.90. The topological polar surface area (TPSA) is 55.6 Å². The Hall–Kier alpha value is -1.18. The highest BCUT2D eigenvalue weighted by molar-refractivity contribution is 14.1. The van der Waals surface area contributed by atoms with Gasteiger partial charge in [0.25, 0.3) is 0 Å². The molecule has 5 nitrogen and oxygen atoms in total. The van der Waals surface area contributed by atoms with Crippen molar-refractivity contribution in [2.24, 2.45) is 0 Å². The van der Waals surface area contributed by atoms with Crippen molar-refractivity contribution in [3.8, 4) is 11.5 Å². The molecule has 0 atom stereocenters. The lowest BCUT2D eigenvalue weighted by molar-refractivity contribution is 0.762. The summed E-state index contributed by atoms with van der Waals surface area (Å²) in [5, 5.41) is 3.12. The van der Waals surface area contributed by atoms with E-state index >= 15 is 0 Å². The summed E-state index contributed by atoms with van der Waals surface area (Å²) in [4.78, 5) is 13.4. The highest BCUT2D eigenvalue weighted by Gasteiger charge is 2.13. The molecule has 1 N–H and O–H groups in total. The number of nitrogens with one attached hydrogen (secondary N) is 1. The molecule has 0 saturated carbocycles. The third kappa shape index (κ3) is 2.33. The average Bonchev–Trinajstić information content (AvgIpc) is 2.87. The monoisotopic (exact) mass is 357 g/mol. The Kier molecular flexibility index (Phi) is 4.15. The van der Waals surface area contributed by atoms with Gasteiger partial charge in [-0.3, -0.25) is 0 Å². The van der Waals surface area contributed by atoms with Gasteiger partial charge in [0.05, 0.1) is 21.8 Å². The Morgan fingerprint density at radius 2 is 2.11 bits per heavy atom. The Morgan fingerprint density at radius 1 is 1.33 bits per heavy atom. The van der Waals surface area contributed by atoms with E-state index in [0.717, 1.165) is 39.6 Å². The first-order valence-corrected chi connectivity index (χ1v) is 7.03. The zero-order valence-electron chi connectivity index (χ0n) is 10.7. The second-order valence-electron chi connectivity index (χ2n) is 3.82. The molecule has 2 heterocycles. The summed E-state index contributed by atoms with van der Waals surface area (Å²) < 4.78 is 3.13. The van der Waals surface area contributed by atoms with Crippen LogP contribution in [0.25, 0.3) is 11.5 Å². The number of aryl methyl sites for hydroxylation is 2. The Balaban J connectivity index is 2.58. The van der Waals surface area contributed by atoms with Gasteiger partial charge in [-0.25, -0.2) is 15.0 Å². The van der Waals surface area contributed by atoms with Gasteiger partial charge in [-0.1, -0.05) is 6.92 Å². The van der Waals surface area contributed by atoms with Crippen molar-refractivity contribution < 1.29 is 0 Å². The first-order chi connectivity index (χ1) is 8.71. The van der Waals surface area contributed by atoms with E-state index in [9.17, 15) is 0 Å². The van der Waals surface area contributed by atoms with Gasteiger partial charge in [0.15, 0.2) is 5.82 Å². The normalized spacial score (nSPS) is 10.7. The summed E-state index contributed by atoms with van der Waals surface area (Å²) in [7, 11) is 1.88. The Morgan fingerprint density at radius 3 is 2.72 bits per heavy atom. The Labute approximate surface area is 120 Å². The molecule has 18 heavy (non-hydrogen) atoms. The van der Waals surface area contributed by atoms with Gasteiger partial charge in [0.2, 0.25) is 0 Å². The molecule has 2 rings (SSSR count). The van der Waals surface area contributed by atoms with Crippen LogP contribution in [0, 0.1) is 3.57 Å². The highest BCUT2D eigenvalue weighted by atomic mass is 127. The number of rotatable bonds is 4. The summed E-state index contributed by atoms with van der Waals surface area (Å²) in [6.45, 7) is 5.05. The van der Waals surface area contributed by atoms with Gasteiger partial charge in [0.1, 0.15) is 11.5 Å². The number of anilines is 1. The average molecular weight is 357 g/mol. The van der Waals surface area contributed by atoms with Crippen molar-refractivity contribution in [3.05, 3.63) is 21.8 Å². The van der Waals surface area contributed by atoms with Crippen LogP contribution in [0.2, 0.25) is 0 Å². The van der Waals surface area contributed by atoms with E-state index in [1.54, 1.807) is 6.33 Å². The van der Waals surface area contributed by atoms with Crippen molar-refractivity contribution in [2.45, 2.75) is 26.8 Å². The molecule has 6 heteroatoms. The van der Waals surface area contributed by atoms with E-state index in [2.05, 4.69) is 56.7 Å². The summed E-state index contributed by atoms with van der Waals surface area (Å²) in [5.74, 6) is 1.61. The third-order valence-electron chi connectivity index (χ3n) is 2.77. The van der Waals surface area contributed by atoms with Crippen LogP contribution in [0.4, 0.5) is 5.82 Å². The van der Waals surface area contributed by atoms with Crippen LogP contribution >= 0.6 is 22.6 Å². The van der Waals surface area contributed by atoms with Crippen LogP contribution in [-0.2, 0) is 13.0 Å². The van der Waals surface area contributed by atoms with Crippen LogP contribution in [0.1, 0.15) is 19.5 Å². The standard InChI is InChI=1S/C12H16IN5/c1-4-8-10(13)12(14-3)17-11(16-8)9-6-15-7-18(9)5-2/h6-7H,4-5H2,1-3H3,(H,14,16,17). The first kappa shape index (κ1) is 13.3. The minimum absolute atomic E-state index is 0.732. The summed E-state index contributed by atoms with van der Waals surface area (Å²) >= 11 is 2.28. The van der Waals surface area contributed by atoms with Crippen molar-refractivity contribution in [1.82, 2.24) is 19.5 Å². The molecule has 0 fully saturated rings. The summed E-state index contributed by atoms with van der Waals surface area (Å²) in [6, 6.07) is 0. The lowest BCUT2D eigenvalue weighted by Crippen LogP contribution is -2.06. The maximum absolute atomic E-state index is 4.63. The van der Waals surface area contributed by atoms with E-state index in [4.69, 9.17) is 0 Å². The van der Waals surface area contributed by atoms with E-state index < -0.39 is 0 Å². The van der Waals surface area contributed by atoms with Gasteiger partial charge in [0, 0.05) is 13.6 Å². The lowest BCUT2D eigenvalue weighted by Gasteiger charge is -2.10. The lowest BCUT2D eigenvalue weighted by atomic mass is 10.3. The van der Waals surface area contributed by atoms with Gasteiger partial charge in [-0.05, 0) is 35.9 Å². The number of nitrogens with zero attached hydrogens (tertiary/aromatic N) is 4. The highest BCUT2D eigenvalue weighted by Crippen LogP contribution is 2.24. The van der Waals surface area contributed by atoms with Gasteiger partial charge in [-0.2, -0.15) is 0 Å². The smallest absolute Gasteiger partial charge is 0.180 e. The van der Waals surface area contributed by atoms with E-state index in [1.165, 1.54) is 0 Å².